The molecule has 0 amide bonds. The number of thiophene rings is 1. The maximum atomic E-state index is 5.91. The van der Waals surface area contributed by atoms with Gasteiger partial charge < -0.3 is 4.74 Å². The third-order valence-corrected chi connectivity index (χ3v) is 2.99. The van der Waals surface area contributed by atoms with Crippen LogP contribution in [0.2, 0.25) is 4.34 Å². The van der Waals surface area contributed by atoms with Gasteiger partial charge in [0, 0.05) is 12.2 Å². The molecule has 0 N–H and O–H groups in total. The van der Waals surface area contributed by atoms with Gasteiger partial charge in [-0.3, -0.25) is 0 Å². The number of ether oxygens (including phenoxy) is 1. The van der Waals surface area contributed by atoms with E-state index in [0.717, 1.165) is 35.8 Å². The molecule has 1 rings (SSSR count). The molecule has 0 spiro atoms. The Bertz CT molecular complexity index is 235. The van der Waals surface area contributed by atoms with E-state index in [-0.39, 0.29) is 0 Å². The van der Waals surface area contributed by atoms with Gasteiger partial charge in [-0.2, -0.15) is 0 Å². The fourth-order valence-electron chi connectivity index (χ4n) is 0.985. The van der Waals surface area contributed by atoms with Crippen molar-refractivity contribution >= 4 is 22.9 Å². The van der Waals surface area contributed by atoms with Gasteiger partial charge in [0.25, 0.3) is 0 Å². The first-order valence-corrected chi connectivity index (χ1v) is 5.69. The molecule has 0 saturated carbocycles. The molecular weight excluding hydrogens is 204 g/mol. The van der Waals surface area contributed by atoms with Crippen molar-refractivity contribution in [3.8, 4) is 0 Å². The molecule has 0 aliphatic carbocycles. The highest BCUT2D eigenvalue weighted by Crippen LogP contribution is 2.23. The van der Waals surface area contributed by atoms with Gasteiger partial charge in [-0.1, -0.05) is 31.4 Å². The van der Waals surface area contributed by atoms with Crippen LogP contribution in [0.3, 0.4) is 0 Å². The lowest BCUT2D eigenvalue weighted by atomic mass is 10.3. The van der Waals surface area contributed by atoms with Gasteiger partial charge in [0.2, 0.25) is 0 Å². The monoisotopic (exact) mass is 217 g/mol. The van der Waals surface area contributed by atoms with Crippen molar-refractivity contribution in [2.75, 3.05) is 6.61 Å². The molecule has 0 atom stereocenters. The SMILES string of the molecule is [CH2]CCCCOCc1ccsc1Cl. The molecule has 13 heavy (non-hydrogen) atoms. The lowest BCUT2D eigenvalue weighted by Gasteiger charge is -2.01. The smallest absolute Gasteiger partial charge is 0.0983 e. The van der Waals surface area contributed by atoms with Crippen molar-refractivity contribution < 1.29 is 4.74 Å². The van der Waals surface area contributed by atoms with Crippen molar-refractivity contribution in [1.29, 1.82) is 0 Å². The zero-order valence-corrected chi connectivity index (χ0v) is 9.16. The van der Waals surface area contributed by atoms with Gasteiger partial charge in [0.05, 0.1) is 10.9 Å². The molecule has 1 radical (unpaired) electrons. The summed E-state index contributed by atoms with van der Waals surface area (Å²) in [4.78, 5) is 0. The second-order valence-corrected chi connectivity index (χ2v) is 4.35. The Labute approximate surface area is 88.7 Å². The number of unbranched alkanes of at least 4 members (excludes halogenated alkanes) is 2. The van der Waals surface area contributed by atoms with Crippen LogP contribution in [-0.4, -0.2) is 6.61 Å². The van der Waals surface area contributed by atoms with Gasteiger partial charge in [0.1, 0.15) is 0 Å². The van der Waals surface area contributed by atoms with Crippen LogP contribution in [0.4, 0.5) is 0 Å². The summed E-state index contributed by atoms with van der Waals surface area (Å²) in [7, 11) is 0. The van der Waals surface area contributed by atoms with Crippen molar-refractivity contribution in [1.82, 2.24) is 0 Å². The molecule has 0 aliphatic rings. The number of rotatable bonds is 6. The highest BCUT2D eigenvalue weighted by atomic mass is 35.5. The predicted octanol–water partition coefficient (Wildman–Crippen LogP) is 3.92. The molecule has 73 valence electrons. The van der Waals surface area contributed by atoms with E-state index in [1.807, 2.05) is 11.4 Å². The fraction of sp³-hybridized carbons (Fsp3) is 0.500. The molecule has 1 aromatic heterocycles. The summed E-state index contributed by atoms with van der Waals surface area (Å²) in [6.45, 7) is 5.22. The minimum atomic E-state index is 0.638. The third-order valence-electron chi connectivity index (χ3n) is 1.74. The molecule has 0 bridgehead atoms. The van der Waals surface area contributed by atoms with Gasteiger partial charge in [-0.05, 0) is 17.9 Å². The van der Waals surface area contributed by atoms with Gasteiger partial charge in [-0.15, -0.1) is 11.3 Å². The van der Waals surface area contributed by atoms with Crippen LogP contribution >= 0.6 is 22.9 Å². The summed E-state index contributed by atoms with van der Waals surface area (Å²) in [5.74, 6) is 0. The van der Waals surface area contributed by atoms with Crippen LogP contribution in [0.15, 0.2) is 11.4 Å². The van der Waals surface area contributed by atoms with Gasteiger partial charge in [-0.25, -0.2) is 0 Å². The van der Waals surface area contributed by atoms with E-state index in [4.69, 9.17) is 16.3 Å². The first-order valence-electron chi connectivity index (χ1n) is 4.43. The maximum absolute atomic E-state index is 5.91. The summed E-state index contributed by atoms with van der Waals surface area (Å²) in [6.07, 6.45) is 3.21. The first kappa shape index (κ1) is 11.0. The van der Waals surface area contributed by atoms with Crippen LogP contribution < -0.4 is 0 Å². The summed E-state index contributed by atoms with van der Waals surface area (Å²) in [6, 6.07) is 2.01. The third kappa shape index (κ3) is 4.12. The summed E-state index contributed by atoms with van der Waals surface area (Å²) >= 11 is 7.46. The molecule has 0 aliphatic heterocycles. The molecule has 0 fully saturated rings. The Morgan fingerprint density at radius 1 is 1.46 bits per heavy atom. The zero-order valence-electron chi connectivity index (χ0n) is 7.59. The molecule has 0 saturated heterocycles. The van der Waals surface area contributed by atoms with Crippen molar-refractivity contribution in [3.63, 3.8) is 0 Å². The van der Waals surface area contributed by atoms with Crippen LogP contribution in [0.1, 0.15) is 24.8 Å². The molecular formula is C10H14ClOS. The summed E-state index contributed by atoms with van der Waals surface area (Å²) < 4.78 is 6.30. The Morgan fingerprint density at radius 3 is 2.92 bits per heavy atom. The van der Waals surface area contributed by atoms with Crippen molar-refractivity contribution in [2.45, 2.75) is 25.9 Å². The maximum Gasteiger partial charge on any atom is 0.0983 e. The minimum Gasteiger partial charge on any atom is -0.377 e. The molecule has 0 unspecified atom stereocenters. The quantitative estimate of drug-likeness (QED) is 0.657. The Morgan fingerprint density at radius 2 is 2.31 bits per heavy atom. The van der Waals surface area contributed by atoms with Gasteiger partial charge in [0.15, 0.2) is 0 Å². The average molecular weight is 218 g/mol. The minimum absolute atomic E-state index is 0.638. The normalized spacial score (nSPS) is 10.6. The number of hydrogen-bond donors (Lipinski definition) is 0. The highest BCUT2D eigenvalue weighted by molar-refractivity contribution is 7.14. The predicted molar refractivity (Wildman–Crippen MR) is 58.2 cm³/mol. The molecule has 1 nitrogen and oxygen atoms in total. The Balaban J connectivity index is 2.10. The number of halogens is 1. The van der Waals surface area contributed by atoms with E-state index in [1.165, 1.54) is 0 Å². The van der Waals surface area contributed by atoms with Crippen LogP contribution in [0, 0.1) is 6.92 Å². The van der Waals surface area contributed by atoms with Gasteiger partial charge >= 0.3 is 0 Å². The van der Waals surface area contributed by atoms with Crippen molar-refractivity contribution in [2.24, 2.45) is 0 Å². The molecule has 1 aromatic rings. The van der Waals surface area contributed by atoms with Crippen LogP contribution in [-0.2, 0) is 11.3 Å². The second-order valence-electron chi connectivity index (χ2n) is 2.83. The van der Waals surface area contributed by atoms with E-state index in [9.17, 15) is 0 Å². The lowest BCUT2D eigenvalue weighted by Crippen LogP contribution is -1.94. The Hall–Kier alpha value is -0.0500. The van der Waals surface area contributed by atoms with E-state index in [2.05, 4.69) is 6.92 Å². The zero-order chi connectivity index (χ0) is 9.52. The largest absolute Gasteiger partial charge is 0.377 e. The van der Waals surface area contributed by atoms with E-state index in [1.54, 1.807) is 11.3 Å². The number of hydrogen-bond acceptors (Lipinski definition) is 2. The van der Waals surface area contributed by atoms with E-state index >= 15 is 0 Å². The summed E-state index contributed by atoms with van der Waals surface area (Å²) in [5.41, 5.74) is 1.10. The molecule has 1 heterocycles. The first-order chi connectivity index (χ1) is 6.34. The Kier molecular flexibility index (Phi) is 5.44. The van der Waals surface area contributed by atoms with Crippen LogP contribution in [0.5, 0.6) is 0 Å². The van der Waals surface area contributed by atoms with E-state index < -0.39 is 0 Å². The second kappa shape index (κ2) is 6.41. The lowest BCUT2D eigenvalue weighted by molar-refractivity contribution is 0.117. The standard InChI is InChI=1S/C10H14ClOS/c1-2-3-4-6-12-8-9-5-7-13-10(9)11/h5,7H,1-4,6,8H2. The molecule has 0 aromatic carbocycles. The highest BCUT2D eigenvalue weighted by Gasteiger charge is 2.00. The van der Waals surface area contributed by atoms with Crippen LogP contribution in [0.25, 0.3) is 0 Å². The molecule has 3 heteroatoms. The summed E-state index contributed by atoms with van der Waals surface area (Å²) in [5, 5.41) is 1.98. The van der Waals surface area contributed by atoms with E-state index in [0.29, 0.717) is 6.61 Å². The fourth-order valence-corrected chi connectivity index (χ4v) is 1.89. The average Bonchev–Trinajstić information content (AvgIpc) is 2.52. The van der Waals surface area contributed by atoms with Crippen molar-refractivity contribution in [3.05, 3.63) is 28.3 Å². The topological polar surface area (TPSA) is 9.23 Å².